The Morgan fingerprint density at radius 3 is 2.58 bits per heavy atom. The molecule has 0 spiro atoms. The van der Waals surface area contributed by atoms with Crippen molar-refractivity contribution in [3.8, 4) is 28.6 Å². The van der Waals surface area contributed by atoms with Gasteiger partial charge in [0.25, 0.3) is 0 Å². The lowest BCUT2D eigenvalue weighted by Crippen LogP contribution is -2.17. The van der Waals surface area contributed by atoms with E-state index in [0.717, 1.165) is 0 Å². The van der Waals surface area contributed by atoms with Gasteiger partial charge in [0.1, 0.15) is 18.1 Å². The molecule has 0 amide bonds. The molecule has 2 aromatic heterocycles. The number of ether oxygens (including phenoxy) is 3. The monoisotopic (exact) mass is 461 g/mol. The minimum Gasteiger partial charge on any atom is -0.495 e. The molecule has 1 saturated carbocycles. The number of aromatic nitrogens is 3. The summed E-state index contributed by atoms with van der Waals surface area (Å²) >= 11 is 0. The summed E-state index contributed by atoms with van der Waals surface area (Å²) in [5, 5.41) is 17.1. The molecule has 1 fully saturated rings. The number of rotatable bonds is 8. The third-order valence-corrected chi connectivity index (χ3v) is 5.04. The largest absolute Gasteiger partial charge is 0.573 e. The molecule has 2 unspecified atom stereocenters. The summed E-state index contributed by atoms with van der Waals surface area (Å²) in [7, 11) is 1.50. The highest BCUT2D eigenvalue weighted by atomic mass is 19.4. The molecule has 1 N–H and O–H groups in total. The van der Waals surface area contributed by atoms with E-state index in [0.29, 0.717) is 34.7 Å². The Morgan fingerprint density at radius 2 is 1.94 bits per heavy atom. The van der Waals surface area contributed by atoms with E-state index < -0.39 is 18.2 Å². The highest BCUT2D eigenvalue weighted by molar-refractivity contribution is 5.75. The van der Waals surface area contributed by atoms with Crippen molar-refractivity contribution < 1.29 is 37.3 Å². The van der Waals surface area contributed by atoms with Gasteiger partial charge in [0.15, 0.2) is 0 Å². The maximum Gasteiger partial charge on any atom is 0.573 e. The van der Waals surface area contributed by atoms with Gasteiger partial charge < -0.3 is 19.3 Å². The summed E-state index contributed by atoms with van der Waals surface area (Å²) < 4.78 is 51.6. The van der Waals surface area contributed by atoms with Crippen molar-refractivity contribution in [3.63, 3.8) is 0 Å². The molecular formula is C22H18F3N3O5. The number of benzene rings is 1. The molecule has 1 aromatic carbocycles. The molecule has 0 bridgehead atoms. The number of nitrogens with zero attached hydrogens (tertiary/aromatic N) is 3. The molecular weight excluding hydrogens is 443 g/mol. The first-order chi connectivity index (χ1) is 15.7. The molecule has 0 saturated heterocycles. The van der Waals surface area contributed by atoms with Crippen LogP contribution in [0.3, 0.4) is 0 Å². The summed E-state index contributed by atoms with van der Waals surface area (Å²) in [6.07, 6.45) is -2.76. The van der Waals surface area contributed by atoms with Crippen LogP contribution in [0, 0.1) is 5.92 Å². The Hall–Kier alpha value is -3.89. The average Bonchev–Trinajstić information content (AvgIpc) is 3.59. The Kier molecular flexibility index (Phi) is 6.03. The van der Waals surface area contributed by atoms with Gasteiger partial charge in [-0.3, -0.25) is 4.79 Å². The lowest BCUT2D eigenvalue weighted by atomic mass is 10.1. The summed E-state index contributed by atoms with van der Waals surface area (Å²) in [6.45, 7) is 0.0497. The zero-order valence-corrected chi connectivity index (χ0v) is 17.2. The van der Waals surface area contributed by atoms with Gasteiger partial charge in [-0.1, -0.05) is 12.1 Å². The fourth-order valence-corrected chi connectivity index (χ4v) is 3.33. The van der Waals surface area contributed by atoms with Gasteiger partial charge in [0, 0.05) is 17.5 Å². The Bertz CT molecular complexity index is 1150. The number of methoxy groups -OCH3 is 1. The van der Waals surface area contributed by atoms with E-state index in [4.69, 9.17) is 9.47 Å². The first kappa shape index (κ1) is 22.3. The van der Waals surface area contributed by atoms with Crippen molar-refractivity contribution in [1.29, 1.82) is 0 Å². The van der Waals surface area contributed by atoms with Gasteiger partial charge in [-0.25, -0.2) is 4.98 Å². The lowest BCUT2D eigenvalue weighted by molar-refractivity contribution is -0.274. The second kappa shape index (κ2) is 8.93. The van der Waals surface area contributed by atoms with Crippen LogP contribution in [0.1, 0.15) is 23.6 Å². The van der Waals surface area contributed by atoms with Crippen LogP contribution in [0.15, 0.2) is 48.7 Å². The van der Waals surface area contributed by atoms with Crippen LogP contribution in [0.5, 0.6) is 17.4 Å². The molecule has 1 aliphatic carbocycles. The van der Waals surface area contributed by atoms with Crippen molar-refractivity contribution in [2.24, 2.45) is 5.92 Å². The number of halogens is 3. The molecule has 0 radical (unpaired) electrons. The van der Waals surface area contributed by atoms with Gasteiger partial charge in [0.05, 0.1) is 30.6 Å². The van der Waals surface area contributed by atoms with Crippen LogP contribution in [-0.4, -0.2) is 39.7 Å². The lowest BCUT2D eigenvalue weighted by Gasteiger charge is -2.11. The first-order valence-corrected chi connectivity index (χ1v) is 9.82. The number of pyridine rings is 1. The highest BCUT2D eigenvalue weighted by Gasteiger charge is 2.46. The highest BCUT2D eigenvalue weighted by Crippen LogP contribution is 2.50. The van der Waals surface area contributed by atoms with E-state index in [9.17, 15) is 23.1 Å². The zero-order chi connectivity index (χ0) is 23.6. The third-order valence-electron chi connectivity index (χ3n) is 5.04. The number of hydrogen-bond donors (Lipinski definition) is 1. The van der Waals surface area contributed by atoms with E-state index in [1.54, 1.807) is 18.2 Å². The predicted molar refractivity (Wildman–Crippen MR) is 108 cm³/mol. The second-order valence-corrected chi connectivity index (χ2v) is 7.33. The van der Waals surface area contributed by atoms with Crippen LogP contribution in [0.25, 0.3) is 11.3 Å². The summed E-state index contributed by atoms with van der Waals surface area (Å²) in [5.74, 6) is -1.18. The zero-order valence-electron chi connectivity index (χ0n) is 17.2. The number of hydrogen-bond acceptors (Lipinski definition) is 7. The van der Waals surface area contributed by atoms with Gasteiger partial charge in [-0.05, 0) is 36.2 Å². The Morgan fingerprint density at radius 1 is 1.18 bits per heavy atom. The van der Waals surface area contributed by atoms with Crippen molar-refractivity contribution in [2.45, 2.75) is 25.3 Å². The molecule has 3 aromatic rings. The maximum absolute atomic E-state index is 12.3. The molecule has 11 heteroatoms. The minimum atomic E-state index is -4.75. The SMILES string of the molecule is COc1ccc(-c2cnnc(OCc3ccc(OC(F)(F)F)cc3)c2)nc1C1CC1C(=O)O. The van der Waals surface area contributed by atoms with E-state index in [2.05, 4.69) is 19.9 Å². The Labute approximate surface area is 186 Å². The normalized spacial score (nSPS) is 17.3. The van der Waals surface area contributed by atoms with Crippen molar-refractivity contribution in [3.05, 3.63) is 59.9 Å². The Balaban J connectivity index is 1.46. The van der Waals surface area contributed by atoms with Crippen LogP contribution >= 0.6 is 0 Å². The van der Waals surface area contributed by atoms with E-state index in [1.807, 2.05) is 0 Å². The van der Waals surface area contributed by atoms with E-state index >= 15 is 0 Å². The fourth-order valence-electron chi connectivity index (χ4n) is 3.33. The first-order valence-electron chi connectivity index (χ1n) is 9.82. The summed E-state index contributed by atoms with van der Waals surface area (Å²) in [6, 6.07) is 10.3. The third kappa shape index (κ3) is 5.48. The number of carbonyl (C=O) groups is 1. The standard InChI is InChI=1S/C22H18F3N3O5/c1-31-18-7-6-17(27-20(18)15-9-16(15)21(29)30)13-8-19(28-26-10-13)32-11-12-2-4-14(5-3-12)33-22(23,24)25/h2-8,10,15-16H,9,11H2,1H3,(H,29,30). The molecule has 2 atom stereocenters. The van der Waals surface area contributed by atoms with Crippen molar-refractivity contribution >= 4 is 5.97 Å². The second-order valence-electron chi connectivity index (χ2n) is 7.33. The topological polar surface area (TPSA) is 104 Å². The molecule has 172 valence electrons. The van der Waals surface area contributed by atoms with Crippen LogP contribution in [-0.2, 0) is 11.4 Å². The predicted octanol–water partition coefficient (Wildman–Crippen LogP) is 4.21. The molecule has 2 heterocycles. The van der Waals surface area contributed by atoms with Gasteiger partial charge in [0.2, 0.25) is 5.88 Å². The summed E-state index contributed by atoms with van der Waals surface area (Å²) in [4.78, 5) is 15.8. The smallest absolute Gasteiger partial charge is 0.495 e. The summed E-state index contributed by atoms with van der Waals surface area (Å²) in [5.41, 5.74) is 2.33. The van der Waals surface area contributed by atoms with Gasteiger partial charge >= 0.3 is 12.3 Å². The number of aliphatic carboxylic acids is 1. The molecule has 0 aliphatic heterocycles. The number of alkyl halides is 3. The minimum absolute atomic E-state index is 0.0497. The fraction of sp³-hybridized carbons (Fsp3) is 0.273. The number of carboxylic acids is 1. The number of carboxylic acid groups (broad SMARTS) is 1. The average molecular weight is 461 g/mol. The quantitative estimate of drug-likeness (QED) is 0.532. The molecule has 4 rings (SSSR count). The van der Waals surface area contributed by atoms with E-state index in [-0.39, 0.29) is 24.2 Å². The van der Waals surface area contributed by atoms with Gasteiger partial charge in [-0.15, -0.1) is 18.3 Å². The van der Waals surface area contributed by atoms with Crippen molar-refractivity contribution in [1.82, 2.24) is 15.2 Å². The van der Waals surface area contributed by atoms with Crippen LogP contribution in [0.4, 0.5) is 13.2 Å². The molecule has 1 aliphatic rings. The molecule has 8 nitrogen and oxygen atoms in total. The maximum atomic E-state index is 12.3. The van der Waals surface area contributed by atoms with Crippen LogP contribution in [0.2, 0.25) is 0 Å². The molecule has 33 heavy (non-hydrogen) atoms. The van der Waals surface area contributed by atoms with Crippen molar-refractivity contribution in [2.75, 3.05) is 7.11 Å². The van der Waals surface area contributed by atoms with E-state index in [1.165, 1.54) is 37.6 Å². The van der Waals surface area contributed by atoms with Gasteiger partial charge in [-0.2, -0.15) is 5.10 Å². The van der Waals surface area contributed by atoms with Crippen LogP contribution < -0.4 is 14.2 Å².